The zero-order valence-electron chi connectivity index (χ0n) is 5.98. The summed E-state index contributed by atoms with van der Waals surface area (Å²) in [5.74, 6) is 0. The third kappa shape index (κ3) is 1.55. The largest absolute Gasteiger partial charge is 0.392 e. The fourth-order valence-corrected chi connectivity index (χ4v) is 1.34. The topological polar surface area (TPSA) is 20.2 Å². The van der Waals surface area contributed by atoms with Gasteiger partial charge in [0.1, 0.15) is 0 Å². The molecule has 1 aliphatic rings. The first kappa shape index (κ1) is 6.81. The molecule has 0 amide bonds. The Morgan fingerprint density at radius 2 is 2.00 bits per heavy atom. The van der Waals surface area contributed by atoms with Crippen molar-refractivity contribution in [2.24, 2.45) is 0 Å². The second-order valence-electron chi connectivity index (χ2n) is 2.75. The fourth-order valence-electron chi connectivity index (χ4n) is 1.34. The Balaban J connectivity index is 2.55. The number of hydrogen-bond acceptors (Lipinski definition) is 1. The normalized spacial score (nSPS) is 18.7. The predicted octanol–water partition coefficient (Wildman–Crippen LogP) is 1.87. The zero-order chi connectivity index (χ0) is 6.69. The van der Waals surface area contributed by atoms with Crippen LogP contribution in [0.25, 0.3) is 0 Å². The summed E-state index contributed by atoms with van der Waals surface area (Å²) in [5, 5.41) is 8.74. The van der Waals surface area contributed by atoms with E-state index in [1.807, 2.05) is 6.92 Å². The van der Waals surface area contributed by atoms with Crippen molar-refractivity contribution in [1.29, 1.82) is 0 Å². The molecule has 0 aliphatic heterocycles. The monoisotopic (exact) mass is 126 g/mol. The minimum atomic E-state index is 0.259. The molecule has 1 N–H and O–H groups in total. The van der Waals surface area contributed by atoms with Crippen LogP contribution in [0.3, 0.4) is 0 Å². The van der Waals surface area contributed by atoms with Crippen molar-refractivity contribution in [1.82, 2.24) is 0 Å². The maximum Gasteiger partial charge on any atom is 0.0641 e. The highest BCUT2D eigenvalue weighted by molar-refractivity contribution is 5.14. The Morgan fingerprint density at radius 3 is 2.44 bits per heavy atom. The molecule has 0 aromatic carbocycles. The molecule has 1 rings (SSSR count). The van der Waals surface area contributed by atoms with Crippen LogP contribution in [0.1, 0.15) is 32.6 Å². The number of allylic oxidation sites excluding steroid dienone is 1. The third-order valence-electron chi connectivity index (χ3n) is 2.05. The molecule has 1 aliphatic carbocycles. The molecule has 0 spiro atoms. The van der Waals surface area contributed by atoms with Crippen molar-refractivity contribution in [3.05, 3.63) is 11.1 Å². The van der Waals surface area contributed by atoms with Crippen molar-refractivity contribution in [2.45, 2.75) is 32.6 Å². The molecule has 0 aromatic heterocycles. The quantitative estimate of drug-likeness (QED) is 0.532. The zero-order valence-corrected chi connectivity index (χ0v) is 5.98. The maximum atomic E-state index is 8.74. The van der Waals surface area contributed by atoms with Crippen molar-refractivity contribution in [3.63, 3.8) is 0 Å². The van der Waals surface area contributed by atoms with Crippen LogP contribution in [0, 0.1) is 0 Å². The molecular formula is C8H14O. The average molecular weight is 126 g/mol. The molecule has 1 heteroatoms. The lowest BCUT2D eigenvalue weighted by atomic mass is 10.1. The molecular weight excluding hydrogens is 112 g/mol. The van der Waals surface area contributed by atoms with E-state index in [2.05, 4.69) is 0 Å². The van der Waals surface area contributed by atoms with E-state index in [4.69, 9.17) is 5.11 Å². The summed E-state index contributed by atoms with van der Waals surface area (Å²) >= 11 is 0. The summed E-state index contributed by atoms with van der Waals surface area (Å²) in [6, 6.07) is 0. The maximum absolute atomic E-state index is 8.74. The van der Waals surface area contributed by atoms with Gasteiger partial charge >= 0.3 is 0 Å². The fraction of sp³-hybridized carbons (Fsp3) is 0.750. The lowest BCUT2D eigenvalue weighted by Gasteiger charge is -1.99. The van der Waals surface area contributed by atoms with Crippen LogP contribution in [0.5, 0.6) is 0 Å². The Morgan fingerprint density at radius 1 is 1.44 bits per heavy atom. The molecule has 1 fully saturated rings. The van der Waals surface area contributed by atoms with E-state index in [9.17, 15) is 0 Å². The molecule has 0 heterocycles. The molecule has 0 saturated heterocycles. The first-order chi connectivity index (χ1) is 4.34. The highest BCUT2D eigenvalue weighted by Crippen LogP contribution is 2.26. The van der Waals surface area contributed by atoms with Crippen LogP contribution in [0.2, 0.25) is 0 Å². The van der Waals surface area contributed by atoms with Crippen LogP contribution in [0.15, 0.2) is 11.1 Å². The van der Waals surface area contributed by atoms with Gasteiger partial charge in [-0.05, 0) is 38.2 Å². The van der Waals surface area contributed by atoms with Crippen LogP contribution in [-0.2, 0) is 0 Å². The van der Waals surface area contributed by atoms with Gasteiger partial charge in [-0.25, -0.2) is 0 Å². The molecule has 0 unspecified atom stereocenters. The Labute approximate surface area is 56.4 Å². The van der Waals surface area contributed by atoms with Crippen LogP contribution < -0.4 is 0 Å². The van der Waals surface area contributed by atoms with Crippen LogP contribution in [0.4, 0.5) is 0 Å². The van der Waals surface area contributed by atoms with Gasteiger partial charge in [0.2, 0.25) is 0 Å². The van der Waals surface area contributed by atoms with E-state index in [1.165, 1.54) is 36.8 Å². The minimum Gasteiger partial charge on any atom is -0.392 e. The van der Waals surface area contributed by atoms with Crippen LogP contribution >= 0.6 is 0 Å². The van der Waals surface area contributed by atoms with Gasteiger partial charge in [0.15, 0.2) is 0 Å². The van der Waals surface area contributed by atoms with Gasteiger partial charge in [-0.1, -0.05) is 5.57 Å². The van der Waals surface area contributed by atoms with E-state index in [-0.39, 0.29) is 6.61 Å². The molecule has 9 heavy (non-hydrogen) atoms. The summed E-state index contributed by atoms with van der Waals surface area (Å²) < 4.78 is 0. The Bertz CT molecular complexity index is 117. The van der Waals surface area contributed by atoms with Crippen molar-refractivity contribution < 1.29 is 5.11 Å². The van der Waals surface area contributed by atoms with Gasteiger partial charge < -0.3 is 5.11 Å². The lowest BCUT2D eigenvalue weighted by molar-refractivity contribution is 0.329. The summed E-state index contributed by atoms with van der Waals surface area (Å²) in [6.07, 6.45) is 5.11. The summed E-state index contributed by atoms with van der Waals surface area (Å²) in [7, 11) is 0. The lowest BCUT2D eigenvalue weighted by Crippen LogP contribution is -1.88. The molecule has 1 saturated carbocycles. The third-order valence-corrected chi connectivity index (χ3v) is 2.05. The number of aliphatic hydroxyl groups excluding tert-OH is 1. The van der Waals surface area contributed by atoms with E-state index < -0.39 is 0 Å². The van der Waals surface area contributed by atoms with Crippen molar-refractivity contribution >= 4 is 0 Å². The van der Waals surface area contributed by atoms with Gasteiger partial charge in [-0.15, -0.1) is 0 Å². The van der Waals surface area contributed by atoms with E-state index in [1.54, 1.807) is 0 Å². The van der Waals surface area contributed by atoms with Crippen molar-refractivity contribution in [3.8, 4) is 0 Å². The second kappa shape index (κ2) is 3.02. The van der Waals surface area contributed by atoms with Crippen LogP contribution in [-0.4, -0.2) is 11.7 Å². The Kier molecular flexibility index (Phi) is 2.29. The molecule has 1 nitrogen and oxygen atoms in total. The van der Waals surface area contributed by atoms with Gasteiger partial charge in [-0.3, -0.25) is 0 Å². The van der Waals surface area contributed by atoms with Crippen molar-refractivity contribution in [2.75, 3.05) is 6.61 Å². The van der Waals surface area contributed by atoms with Gasteiger partial charge in [0.25, 0.3) is 0 Å². The average Bonchev–Trinajstić information content (AvgIpc) is 2.37. The smallest absolute Gasteiger partial charge is 0.0641 e. The summed E-state index contributed by atoms with van der Waals surface area (Å²) in [5.41, 5.74) is 2.70. The second-order valence-corrected chi connectivity index (χ2v) is 2.75. The first-order valence-electron chi connectivity index (χ1n) is 3.63. The molecule has 0 aromatic rings. The van der Waals surface area contributed by atoms with E-state index in [0.29, 0.717) is 0 Å². The molecule has 0 radical (unpaired) electrons. The highest BCUT2D eigenvalue weighted by atomic mass is 16.3. The highest BCUT2D eigenvalue weighted by Gasteiger charge is 2.08. The Hall–Kier alpha value is -0.300. The van der Waals surface area contributed by atoms with E-state index in [0.717, 1.165) is 0 Å². The molecule has 0 bridgehead atoms. The predicted molar refractivity (Wildman–Crippen MR) is 38.3 cm³/mol. The first-order valence-corrected chi connectivity index (χ1v) is 3.63. The molecule has 52 valence electrons. The summed E-state index contributed by atoms with van der Waals surface area (Å²) in [4.78, 5) is 0. The minimum absolute atomic E-state index is 0.259. The number of hydrogen-bond donors (Lipinski definition) is 1. The van der Waals surface area contributed by atoms with Gasteiger partial charge in [0, 0.05) is 0 Å². The summed E-state index contributed by atoms with van der Waals surface area (Å²) in [6.45, 7) is 2.29. The van der Waals surface area contributed by atoms with E-state index >= 15 is 0 Å². The standard InChI is InChI=1S/C8H14O/c1-7(6-9)8-4-2-3-5-8/h9H,2-6H2,1H3. The van der Waals surface area contributed by atoms with Gasteiger partial charge in [-0.2, -0.15) is 0 Å². The number of rotatable bonds is 1. The van der Waals surface area contributed by atoms with Gasteiger partial charge in [0.05, 0.1) is 6.61 Å². The molecule has 0 atom stereocenters. The number of aliphatic hydroxyl groups is 1. The SMILES string of the molecule is CC(CO)=C1CCCC1.